The lowest BCUT2D eigenvalue weighted by Gasteiger charge is -2.18. The van der Waals surface area contributed by atoms with Crippen molar-refractivity contribution in [1.82, 2.24) is 25.4 Å². The Morgan fingerprint density at radius 2 is 1.65 bits per heavy atom. The van der Waals surface area contributed by atoms with Gasteiger partial charge in [0, 0.05) is 55.0 Å². The normalized spacial score (nSPS) is 11.5. The van der Waals surface area contributed by atoms with E-state index in [0.717, 1.165) is 11.1 Å². The molecule has 0 saturated carbocycles. The molecule has 5 aromatic rings. The second kappa shape index (κ2) is 15.3. The van der Waals surface area contributed by atoms with E-state index in [1.54, 1.807) is 77.7 Å². The Morgan fingerprint density at radius 3 is 2.35 bits per heavy atom. The van der Waals surface area contributed by atoms with Crippen LogP contribution in [0.25, 0.3) is 16.9 Å². The number of benzene rings is 3. The molecule has 0 spiro atoms. The maximum absolute atomic E-state index is 12.9. The number of carbonyl (C=O) groups is 3. The molecule has 2 heterocycles. The van der Waals surface area contributed by atoms with Crippen LogP contribution in [-0.4, -0.2) is 52.1 Å². The van der Waals surface area contributed by atoms with Gasteiger partial charge in [0.2, 0.25) is 17.7 Å². The first-order valence-electron chi connectivity index (χ1n) is 14.6. The molecule has 234 valence electrons. The van der Waals surface area contributed by atoms with Crippen molar-refractivity contribution in [2.75, 3.05) is 13.7 Å². The van der Waals surface area contributed by atoms with Crippen LogP contribution in [0.1, 0.15) is 34.3 Å². The molecule has 0 bridgehead atoms. The van der Waals surface area contributed by atoms with Crippen molar-refractivity contribution in [2.45, 2.75) is 25.3 Å². The lowest BCUT2D eigenvalue weighted by molar-refractivity contribution is -0.128. The van der Waals surface area contributed by atoms with Crippen molar-refractivity contribution >= 4 is 40.8 Å². The molecule has 0 aliphatic rings. The number of ether oxygens (including phenoxy) is 1. The number of nitrogens with one attached hydrogen (secondary N) is 2. The van der Waals surface area contributed by atoms with Gasteiger partial charge in [0.1, 0.15) is 6.04 Å². The van der Waals surface area contributed by atoms with Gasteiger partial charge in [-0.05, 0) is 42.3 Å². The fraction of sp³-hybridized carbons (Fsp3) is 0.171. The van der Waals surface area contributed by atoms with Crippen molar-refractivity contribution in [3.63, 3.8) is 0 Å². The SMILES string of the molecule is CNC(=O)[C@H](Cc1ccc(C(=O)c2ccccc2)cc1)NC(=O)CCCOc1cc(-c2cccnc2)nn1-c1ccc(Cl)c(Cl)c1. The zero-order chi connectivity index (χ0) is 32.5. The summed E-state index contributed by atoms with van der Waals surface area (Å²) < 4.78 is 7.68. The summed E-state index contributed by atoms with van der Waals surface area (Å²) in [4.78, 5) is 42.4. The predicted octanol–water partition coefficient (Wildman–Crippen LogP) is 6.10. The third-order valence-corrected chi connectivity index (χ3v) is 7.91. The van der Waals surface area contributed by atoms with Crippen LogP contribution >= 0.6 is 23.2 Å². The number of likely N-dealkylation sites (N-methyl/N-ethyl adjacent to an activating group) is 1. The highest BCUT2D eigenvalue weighted by molar-refractivity contribution is 6.42. The summed E-state index contributed by atoms with van der Waals surface area (Å²) in [5, 5.41) is 10.9. The Bertz CT molecular complexity index is 1810. The molecule has 3 aromatic carbocycles. The molecule has 11 heteroatoms. The third-order valence-electron chi connectivity index (χ3n) is 7.17. The Balaban J connectivity index is 1.19. The van der Waals surface area contributed by atoms with E-state index in [0.29, 0.717) is 44.9 Å². The van der Waals surface area contributed by atoms with Crippen LogP contribution in [0.15, 0.2) is 103 Å². The van der Waals surface area contributed by atoms with Gasteiger partial charge in [-0.1, -0.05) is 77.8 Å². The molecule has 9 nitrogen and oxygen atoms in total. The molecule has 1 atom stereocenters. The lowest BCUT2D eigenvalue weighted by Crippen LogP contribution is -2.47. The Kier molecular flexibility index (Phi) is 10.8. The molecule has 0 aliphatic carbocycles. The molecule has 0 saturated heterocycles. The molecule has 0 fully saturated rings. The van der Waals surface area contributed by atoms with E-state index in [4.69, 9.17) is 27.9 Å². The first kappa shape index (κ1) is 32.4. The summed E-state index contributed by atoms with van der Waals surface area (Å²) in [6.45, 7) is 0.217. The topological polar surface area (TPSA) is 115 Å². The fourth-order valence-corrected chi connectivity index (χ4v) is 5.06. The van der Waals surface area contributed by atoms with E-state index >= 15 is 0 Å². The summed E-state index contributed by atoms with van der Waals surface area (Å²) in [6.07, 6.45) is 4.17. The smallest absolute Gasteiger partial charge is 0.242 e. The molecular weight excluding hydrogens is 625 g/mol. The maximum Gasteiger partial charge on any atom is 0.242 e. The van der Waals surface area contributed by atoms with Crippen LogP contribution in [0.3, 0.4) is 0 Å². The molecule has 5 rings (SSSR count). The Hall–Kier alpha value is -4.99. The molecule has 46 heavy (non-hydrogen) atoms. The monoisotopic (exact) mass is 655 g/mol. The van der Waals surface area contributed by atoms with Crippen LogP contribution in [0.5, 0.6) is 5.88 Å². The lowest BCUT2D eigenvalue weighted by atomic mass is 9.99. The second-order valence-corrected chi connectivity index (χ2v) is 11.2. The number of ketones is 1. The van der Waals surface area contributed by atoms with Gasteiger partial charge in [-0.2, -0.15) is 5.10 Å². The van der Waals surface area contributed by atoms with Crippen molar-refractivity contribution in [3.8, 4) is 22.8 Å². The molecule has 0 radical (unpaired) electrons. The molecule has 0 unspecified atom stereocenters. The minimum Gasteiger partial charge on any atom is -0.478 e. The van der Waals surface area contributed by atoms with Gasteiger partial charge in [-0.25, -0.2) is 4.68 Å². The van der Waals surface area contributed by atoms with E-state index in [1.807, 2.05) is 30.3 Å². The molecule has 2 aromatic heterocycles. The second-order valence-electron chi connectivity index (χ2n) is 10.4. The van der Waals surface area contributed by atoms with E-state index in [9.17, 15) is 14.4 Å². The number of aromatic nitrogens is 3. The summed E-state index contributed by atoms with van der Waals surface area (Å²) in [7, 11) is 1.52. The quantitative estimate of drug-likeness (QED) is 0.117. The van der Waals surface area contributed by atoms with Gasteiger partial charge in [0.05, 0.1) is 28.0 Å². The van der Waals surface area contributed by atoms with Crippen LogP contribution < -0.4 is 15.4 Å². The predicted molar refractivity (Wildman–Crippen MR) is 178 cm³/mol. The number of hydrogen-bond acceptors (Lipinski definition) is 6. The minimum absolute atomic E-state index is 0.0844. The third kappa shape index (κ3) is 8.18. The van der Waals surface area contributed by atoms with Crippen molar-refractivity contribution in [3.05, 3.63) is 130 Å². The molecule has 2 N–H and O–H groups in total. The van der Waals surface area contributed by atoms with Crippen LogP contribution in [0, 0.1) is 0 Å². The molecule has 0 aliphatic heterocycles. The van der Waals surface area contributed by atoms with Crippen molar-refractivity contribution in [1.29, 1.82) is 0 Å². The van der Waals surface area contributed by atoms with E-state index in [2.05, 4.69) is 20.7 Å². The highest BCUT2D eigenvalue weighted by atomic mass is 35.5. The number of halogens is 2. The van der Waals surface area contributed by atoms with Gasteiger partial charge >= 0.3 is 0 Å². The van der Waals surface area contributed by atoms with Crippen molar-refractivity contribution in [2.24, 2.45) is 0 Å². The largest absolute Gasteiger partial charge is 0.478 e. The number of pyridine rings is 1. The Morgan fingerprint density at radius 1 is 0.891 bits per heavy atom. The number of nitrogens with zero attached hydrogens (tertiary/aromatic N) is 3. The molecular formula is C35H31Cl2N5O4. The van der Waals surface area contributed by atoms with Gasteiger partial charge in [-0.3, -0.25) is 19.4 Å². The van der Waals surface area contributed by atoms with Crippen LogP contribution in [0.2, 0.25) is 10.0 Å². The summed E-state index contributed by atoms with van der Waals surface area (Å²) in [5.74, 6) is -0.237. The Labute approximate surface area is 276 Å². The number of hydrogen-bond donors (Lipinski definition) is 2. The van der Waals surface area contributed by atoms with Gasteiger partial charge in [-0.15, -0.1) is 0 Å². The average molecular weight is 657 g/mol. The van der Waals surface area contributed by atoms with Gasteiger partial charge in [0.25, 0.3) is 0 Å². The maximum atomic E-state index is 12.9. The highest BCUT2D eigenvalue weighted by Crippen LogP contribution is 2.30. The zero-order valence-electron chi connectivity index (χ0n) is 25.0. The first-order valence-corrected chi connectivity index (χ1v) is 15.4. The molecule has 2 amide bonds. The van der Waals surface area contributed by atoms with Crippen molar-refractivity contribution < 1.29 is 19.1 Å². The van der Waals surface area contributed by atoms with E-state index in [-0.39, 0.29) is 37.0 Å². The zero-order valence-corrected chi connectivity index (χ0v) is 26.5. The van der Waals surface area contributed by atoms with Crippen LogP contribution in [-0.2, 0) is 16.0 Å². The summed E-state index contributed by atoms with van der Waals surface area (Å²) in [6, 6.07) is 25.9. The fourth-order valence-electron chi connectivity index (χ4n) is 4.77. The van der Waals surface area contributed by atoms with Gasteiger partial charge < -0.3 is 15.4 Å². The minimum atomic E-state index is -0.785. The highest BCUT2D eigenvalue weighted by Gasteiger charge is 2.21. The van der Waals surface area contributed by atoms with E-state index < -0.39 is 6.04 Å². The first-order chi connectivity index (χ1) is 22.3. The summed E-state index contributed by atoms with van der Waals surface area (Å²) >= 11 is 12.4. The average Bonchev–Trinajstić information content (AvgIpc) is 3.52. The van der Waals surface area contributed by atoms with Crippen LogP contribution in [0.4, 0.5) is 0 Å². The number of amides is 2. The number of carbonyl (C=O) groups excluding carboxylic acids is 3. The van der Waals surface area contributed by atoms with Gasteiger partial charge in [0.15, 0.2) is 5.78 Å². The van der Waals surface area contributed by atoms with E-state index in [1.165, 1.54) is 7.05 Å². The standard InChI is InChI=1S/C35H31Cl2N5O4/c1-38-35(45)31(19-23-11-13-25(14-12-23)34(44)24-7-3-2-4-8-24)40-32(43)10-6-18-46-33-21-30(26-9-5-17-39-22-26)41-42(33)27-15-16-28(36)29(37)20-27/h2-5,7-9,11-17,20-22,31H,6,10,18-19H2,1H3,(H,38,45)(H,40,43)/t31-/m0/s1. The number of rotatable bonds is 13. The summed E-state index contributed by atoms with van der Waals surface area (Å²) in [5.41, 5.74) is 4.07.